The van der Waals surface area contributed by atoms with E-state index >= 15 is 0 Å². The fourth-order valence-electron chi connectivity index (χ4n) is 2.34. The van der Waals surface area contributed by atoms with E-state index in [1.807, 2.05) is 18.2 Å². The van der Waals surface area contributed by atoms with Crippen LogP contribution in [-0.2, 0) is 16.6 Å². The Labute approximate surface area is 114 Å². The van der Waals surface area contributed by atoms with Crippen LogP contribution in [-0.4, -0.2) is 20.6 Å². The summed E-state index contributed by atoms with van der Waals surface area (Å²) < 4.78 is 16.6. The second-order valence-corrected chi connectivity index (χ2v) is 6.43. The maximum Gasteiger partial charge on any atom is 0.234 e. The van der Waals surface area contributed by atoms with Crippen LogP contribution in [0.25, 0.3) is 0 Å². The predicted octanol–water partition coefficient (Wildman–Crippen LogP) is 2.49. The molecule has 1 aromatic carbocycles. The van der Waals surface area contributed by atoms with Crippen LogP contribution >= 0.6 is 0 Å². The molecule has 0 N–H and O–H groups in total. The van der Waals surface area contributed by atoms with Crippen LogP contribution in [0.3, 0.4) is 0 Å². The topological polar surface area (TPSA) is 56.0 Å². The van der Waals surface area contributed by atoms with Crippen molar-refractivity contribution in [3.05, 3.63) is 47.6 Å². The van der Waals surface area contributed by atoms with Crippen LogP contribution in [0, 0.1) is 5.92 Å². The quantitative estimate of drug-likeness (QED) is 0.842. The fourth-order valence-corrected chi connectivity index (χ4v) is 2.82. The first-order chi connectivity index (χ1) is 9.24. The molecule has 0 bridgehead atoms. The van der Waals surface area contributed by atoms with Crippen molar-refractivity contribution < 1.29 is 8.73 Å². The molecule has 19 heavy (non-hydrogen) atoms. The van der Waals surface area contributed by atoms with Gasteiger partial charge in [0.2, 0.25) is 5.89 Å². The second kappa shape index (κ2) is 5.25. The molecule has 1 heterocycles. The third kappa shape index (κ3) is 2.92. The molecule has 5 heteroatoms. The molecule has 1 aromatic heterocycles. The molecule has 1 fully saturated rings. The van der Waals surface area contributed by atoms with E-state index in [4.69, 9.17) is 4.52 Å². The summed E-state index contributed by atoms with van der Waals surface area (Å²) >= 11 is 0. The van der Waals surface area contributed by atoms with Gasteiger partial charge in [0, 0.05) is 17.1 Å². The van der Waals surface area contributed by atoms with Crippen LogP contribution in [0.4, 0.5) is 0 Å². The Morgan fingerprint density at radius 1 is 1.37 bits per heavy atom. The van der Waals surface area contributed by atoms with Crippen molar-refractivity contribution in [3.63, 3.8) is 0 Å². The van der Waals surface area contributed by atoms with Gasteiger partial charge >= 0.3 is 0 Å². The van der Waals surface area contributed by atoms with Gasteiger partial charge in [-0.25, -0.2) is 0 Å². The Morgan fingerprint density at radius 3 is 2.74 bits per heavy atom. The molecule has 3 rings (SSSR count). The molecule has 2 atom stereocenters. The van der Waals surface area contributed by atoms with Crippen LogP contribution in [0.2, 0.25) is 0 Å². The minimum atomic E-state index is -0.941. The predicted molar refractivity (Wildman–Crippen MR) is 73.1 cm³/mol. The van der Waals surface area contributed by atoms with Crippen molar-refractivity contribution in [1.29, 1.82) is 0 Å². The van der Waals surface area contributed by atoms with Gasteiger partial charge in [0.1, 0.15) is 0 Å². The summed E-state index contributed by atoms with van der Waals surface area (Å²) in [5.41, 5.74) is 1.22. The summed E-state index contributed by atoms with van der Waals surface area (Å²) in [4.78, 5) is 4.42. The van der Waals surface area contributed by atoms with Crippen molar-refractivity contribution in [2.45, 2.75) is 24.5 Å². The number of hydrogen-bond donors (Lipinski definition) is 0. The van der Waals surface area contributed by atoms with E-state index in [0.29, 0.717) is 23.4 Å². The number of hydrogen-bond acceptors (Lipinski definition) is 4. The highest BCUT2D eigenvalue weighted by atomic mass is 32.2. The molecule has 1 aliphatic carbocycles. The van der Waals surface area contributed by atoms with Crippen LogP contribution < -0.4 is 0 Å². The van der Waals surface area contributed by atoms with E-state index in [1.165, 1.54) is 18.4 Å². The summed E-state index contributed by atoms with van der Waals surface area (Å²) in [7, 11) is -0.941. The lowest BCUT2D eigenvalue weighted by molar-refractivity contribution is 0.353. The monoisotopic (exact) mass is 276 g/mol. The van der Waals surface area contributed by atoms with E-state index in [9.17, 15) is 4.21 Å². The standard InChI is InChI=1S/C14H16N2O2S/c1-19(17)9-12-15-14(18-16-12)13(11-7-8-11)10-5-3-2-4-6-10/h2-6,11,13H,7-9H2,1H3/t13-,19-/m0/s1. The van der Waals surface area contributed by atoms with Gasteiger partial charge in [-0.3, -0.25) is 4.21 Å². The van der Waals surface area contributed by atoms with Crippen LogP contribution in [0.1, 0.15) is 36.0 Å². The lowest BCUT2D eigenvalue weighted by atomic mass is 9.94. The van der Waals surface area contributed by atoms with Crippen LogP contribution in [0.5, 0.6) is 0 Å². The van der Waals surface area contributed by atoms with Gasteiger partial charge in [-0.05, 0) is 24.3 Å². The van der Waals surface area contributed by atoms with E-state index < -0.39 is 10.8 Å². The van der Waals surface area contributed by atoms with Gasteiger partial charge in [-0.15, -0.1) is 0 Å². The molecule has 100 valence electrons. The Balaban J connectivity index is 1.88. The normalized spacial score (nSPS) is 18.2. The summed E-state index contributed by atoms with van der Waals surface area (Å²) in [5.74, 6) is 2.34. The Hall–Kier alpha value is -1.49. The second-order valence-electron chi connectivity index (χ2n) is 4.99. The lowest BCUT2D eigenvalue weighted by Crippen LogP contribution is -2.04. The molecule has 1 saturated carbocycles. The maximum atomic E-state index is 11.2. The van der Waals surface area contributed by atoms with Crippen molar-refractivity contribution in [3.8, 4) is 0 Å². The molecule has 0 radical (unpaired) electrons. The third-order valence-electron chi connectivity index (χ3n) is 3.33. The highest BCUT2D eigenvalue weighted by Gasteiger charge is 2.37. The zero-order valence-corrected chi connectivity index (χ0v) is 11.6. The molecule has 4 nitrogen and oxygen atoms in total. The van der Waals surface area contributed by atoms with Crippen LogP contribution in [0.15, 0.2) is 34.9 Å². The summed E-state index contributed by atoms with van der Waals surface area (Å²) in [6, 6.07) is 10.3. The van der Waals surface area contributed by atoms with Crippen molar-refractivity contribution in [1.82, 2.24) is 10.1 Å². The molecule has 0 spiro atoms. The van der Waals surface area contributed by atoms with Gasteiger partial charge in [-0.2, -0.15) is 4.98 Å². The fraction of sp³-hybridized carbons (Fsp3) is 0.429. The Kier molecular flexibility index (Phi) is 3.46. The van der Waals surface area contributed by atoms with Gasteiger partial charge in [0.25, 0.3) is 0 Å². The van der Waals surface area contributed by atoms with Gasteiger partial charge in [-0.1, -0.05) is 35.5 Å². The number of rotatable bonds is 5. The molecule has 0 saturated heterocycles. The first kappa shape index (κ1) is 12.5. The summed E-state index contributed by atoms with van der Waals surface area (Å²) in [6.45, 7) is 0. The highest BCUT2D eigenvalue weighted by molar-refractivity contribution is 7.83. The average molecular weight is 276 g/mol. The van der Waals surface area contributed by atoms with E-state index in [-0.39, 0.29) is 5.92 Å². The van der Waals surface area contributed by atoms with Crippen molar-refractivity contribution in [2.75, 3.05) is 6.26 Å². The minimum Gasteiger partial charge on any atom is -0.339 e. The molecule has 0 amide bonds. The lowest BCUT2D eigenvalue weighted by Gasteiger charge is -2.11. The molecular formula is C14H16N2O2S. The van der Waals surface area contributed by atoms with Crippen molar-refractivity contribution >= 4 is 10.8 Å². The van der Waals surface area contributed by atoms with Gasteiger partial charge < -0.3 is 4.52 Å². The third-order valence-corrected chi connectivity index (χ3v) is 4.00. The van der Waals surface area contributed by atoms with E-state index in [1.54, 1.807) is 6.26 Å². The number of nitrogens with zero attached hydrogens (tertiary/aromatic N) is 2. The smallest absolute Gasteiger partial charge is 0.234 e. The number of benzene rings is 1. The van der Waals surface area contributed by atoms with Gasteiger partial charge in [0.05, 0.1) is 11.7 Å². The molecular weight excluding hydrogens is 260 g/mol. The van der Waals surface area contributed by atoms with E-state index in [2.05, 4.69) is 22.3 Å². The highest BCUT2D eigenvalue weighted by Crippen LogP contribution is 2.45. The summed E-state index contributed by atoms with van der Waals surface area (Å²) in [5, 5.41) is 3.93. The van der Waals surface area contributed by atoms with Gasteiger partial charge in [0.15, 0.2) is 5.82 Å². The van der Waals surface area contributed by atoms with Crippen molar-refractivity contribution in [2.24, 2.45) is 5.92 Å². The molecule has 0 unspecified atom stereocenters. The summed E-state index contributed by atoms with van der Waals surface area (Å²) in [6.07, 6.45) is 4.06. The zero-order chi connectivity index (χ0) is 13.2. The molecule has 2 aromatic rings. The van der Waals surface area contributed by atoms with E-state index in [0.717, 1.165) is 0 Å². The average Bonchev–Trinajstić information content (AvgIpc) is 3.12. The largest absolute Gasteiger partial charge is 0.339 e. The first-order valence-corrected chi connectivity index (χ1v) is 8.14. The maximum absolute atomic E-state index is 11.2. The molecule has 0 aliphatic heterocycles. The SMILES string of the molecule is C[S@](=O)Cc1noc([C@@H](c2ccccc2)C2CC2)n1. The Morgan fingerprint density at radius 2 is 2.11 bits per heavy atom. The number of aromatic nitrogens is 2. The molecule has 1 aliphatic rings. The first-order valence-electron chi connectivity index (χ1n) is 6.41. The minimum absolute atomic E-state index is 0.188. The zero-order valence-electron chi connectivity index (χ0n) is 10.8. The Bertz CT molecular complexity index is 578.